The van der Waals surface area contributed by atoms with Gasteiger partial charge < -0.3 is 16.0 Å². The van der Waals surface area contributed by atoms with Gasteiger partial charge in [-0.3, -0.25) is 19.8 Å². The maximum absolute atomic E-state index is 12.0. The first-order chi connectivity index (χ1) is 14.1. The summed E-state index contributed by atoms with van der Waals surface area (Å²) in [6.07, 6.45) is 5.83. The van der Waals surface area contributed by atoms with Crippen molar-refractivity contribution in [1.82, 2.24) is 10.2 Å². The third-order valence-corrected chi connectivity index (χ3v) is 6.57. The second-order valence-corrected chi connectivity index (χ2v) is 8.77. The van der Waals surface area contributed by atoms with Crippen molar-refractivity contribution in [2.45, 2.75) is 50.6 Å². The van der Waals surface area contributed by atoms with Gasteiger partial charge in [0, 0.05) is 56.6 Å². The fraction of sp³-hybridized carbons (Fsp3) is 0.636. The monoisotopic (exact) mass is 399 g/mol. The lowest BCUT2D eigenvalue weighted by Crippen LogP contribution is -2.48. The van der Waals surface area contributed by atoms with E-state index in [0.717, 1.165) is 37.8 Å². The summed E-state index contributed by atoms with van der Waals surface area (Å²) in [6, 6.07) is 8.33. The molecule has 4 rings (SSSR count). The van der Waals surface area contributed by atoms with Crippen molar-refractivity contribution in [1.29, 1.82) is 0 Å². The molecular weight excluding hydrogens is 366 g/mol. The van der Waals surface area contributed by atoms with Crippen LogP contribution in [0.5, 0.6) is 0 Å². The molecule has 1 aromatic carbocycles. The topological polar surface area (TPSA) is 90.7 Å². The van der Waals surface area contributed by atoms with Crippen LogP contribution >= 0.6 is 0 Å². The van der Waals surface area contributed by atoms with Gasteiger partial charge in [0.15, 0.2) is 0 Å². The number of hydrogen-bond donors (Lipinski definition) is 3. The Labute approximate surface area is 173 Å². The Morgan fingerprint density at radius 1 is 1.03 bits per heavy atom. The van der Waals surface area contributed by atoms with Gasteiger partial charge in [0.1, 0.15) is 6.04 Å². The summed E-state index contributed by atoms with van der Waals surface area (Å²) in [5, 5.41) is 5.69. The molecule has 7 nitrogen and oxygen atoms in total. The molecule has 3 fully saturated rings. The zero-order chi connectivity index (χ0) is 20.2. The van der Waals surface area contributed by atoms with Crippen LogP contribution in [-0.2, 0) is 9.59 Å². The standard InChI is InChI=1S/C22H33N5O2/c23-17-6-4-16(5-7-17)15-26-10-12-27(13-11-26)19-3-1-2-18(14-19)24-20-8-9-21(28)25-22(20)29/h1-3,14,16-17,20,24H,4-13,15,23H2,(H,25,28,29). The molecule has 1 unspecified atom stereocenters. The van der Waals surface area contributed by atoms with Crippen molar-refractivity contribution in [2.75, 3.05) is 42.9 Å². The van der Waals surface area contributed by atoms with Gasteiger partial charge in [-0.1, -0.05) is 6.07 Å². The van der Waals surface area contributed by atoms with Crippen LogP contribution in [0.2, 0.25) is 0 Å². The number of carbonyl (C=O) groups is 2. The van der Waals surface area contributed by atoms with E-state index >= 15 is 0 Å². The summed E-state index contributed by atoms with van der Waals surface area (Å²) >= 11 is 0. The molecule has 2 amide bonds. The number of hydrogen-bond acceptors (Lipinski definition) is 6. The highest BCUT2D eigenvalue weighted by Gasteiger charge is 2.27. The molecule has 1 aromatic rings. The predicted molar refractivity (Wildman–Crippen MR) is 115 cm³/mol. The number of rotatable bonds is 5. The van der Waals surface area contributed by atoms with Crippen LogP contribution in [0.25, 0.3) is 0 Å². The van der Waals surface area contributed by atoms with Gasteiger partial charge in [-0.2, -0.15) is 0 Å². The number of carbonyl (C=O) groups excluding carboxylic acids is 2. The molecule has 2 heterocycles. The minimum absolute atomic E-state index is 0.184. The second-order valence-electron chi connectivity index (χ2n) is 8.77. The smallest absolute Gasteiger partial charge is 0.249 e. The van der Waals surface area contributed by atoms with E-state index in [1.165, 1.54) is 37.9 Å². The molecule has 7 heteroatoms. The molecule has 1 atom stereocenters. The van der Waals surface area contributed by atoms with Gasteiger partial charge in [-0.15, -0.1) is 0 Å². The molecule has 2 saturated heterocycles. The predicted octanol–water partition coefficient (Wildman–Crippen LogP) is 1.54. The van der Waals surface area contributed by atoms with Crippen LogP contribution in [0, 0.1) is 5.92 Å². The number of nitrogens with one attached hydrogen (secondary N) is 2. The third kappa shape index (κ3) is 5.28. The largest absolute Gasteiger partial charge is 0.374 e. The van der Waals surface area contributed by atoms with Crippen molar-refractivity contribution in [3.05, 3.63) is 24.3 Å². The van der Waals surface area contributed by atoms with Crippen LogP contribution in [0.3, 0.4) is 0 Å². The summed E-state index contributed by atoms with van der Waals surface area (Å²) in [4.78, 5) is 28.3. The number of amides is 2. The van der Waals surface area contributed by atoms with Gasteiger partial charge in [0.2, 0.25) is 11.8 Å². The van der Waals surface area contributed by atoms with Gasteiger partial charge in [0.25, 0.3) is 0 Å². The van der Waals surface area contributed by atoms with Gasteiger partial charge >= 0.3 is 0 Å². The van der Waals surface area contributed by atoms with Crippen molar-refractivity contribution in [3.63, 3.8) is 0 Å². The lowest BCUT2D eigenvalue weighted by molar-refractivity contribution is -0.133. The van der Waals surface area contributed by atoms with Gasteiger partial charge in [-0.25, -0.2) is 0 Å². The Morgan fingerprint density at radius 2 is 1.79 bits per heavy atom. The lowest BCUT2D eigenvalue weighted by Gasteiger charge is -2.39. The molecule has 3 aliphatic rings. The molecule has 4 N–H and O–H groups in total. The number of nitrogens with two attached hydrogens (primary N) is 1. The molecule has 1 aliphatic carbocycles. The number of benzene rings is 1. The Kier molecular flexibility index (Phi) is 6.35. The Hall–Kier alpha value is -2.12. The highest BCUT2D eigenvalue weighted by Crippen LogP contribution is 2.26. The molecule has 1 saturated carbocycles. The molecule has 0 aromatic heterocycles. The van der Waals surface area contributed by atoms with Gasteiger partial charge in [-0.05, 0) is 56.2 Å². The Bertz CT molecular complexity index is 724. The highest BCUT2D eigenvalue weighted by atomic mass is 16.2. The molecule has 29 heavy (non-hydrogen) atoms. The molecule has 0 radical (unpaired) electrons. The average Bonchev–Trinajstić information content (AvgIpc) is 2.73. The van der Waals surface area contributed by atoms with Crippen molar-refractivity contribution in [2.24, 2.45) is 11.7 Å². The van der Waals surface area contributed by atoms with Crippen molar-refractivity contribution >= 4 is 23.2 Å². The highest BCUT2D eigenvalue weighted by molar-refractivity contribution is 6.01. The van der Waals surface area contributed by atoms with Crippen LogP contribution in [0.4, 0.5) is 11.4 Å². The first kappa shape index (κ1) is 20.2. The van der Waals surface area contributed by atoms with E-state index in [1.54, 1.807) is 0 Å². The molecule has 2 aliphatic heterocycles. The zero-order valence-electron chi connectivity index (χ0n) is 17.1. The average molecular weight is 400 g/mol. The van der Waals surface area contributed by atoms with Crippen LogP contribution in [0.1, 0.15) is 38.5 Å². The van der Waals surface area contributed by atoms with Crippen LogP contribution in [-0.4, -0.2) is 61.5 Å². The van der Waals surface area contributed by atoms with Crippen molar-refractivity contribution in [3.8, 4) is 0 Å². The van der Waals surface area contributed by atoms with E-state index in [0.29, 0.717) is 18.9 Å². The molecule has 0 spiro atoms. The maximum Gasteiger partial charge on any atom is 0.249 e. The fourth-order valence-corrected chi connectivity index (χ4v) is 4.75. The Morgan fingerprint density at radius 3 is 2.52 bits per heavy atom. The summed E-state index contributed by atoms with van der Waals surface area (Å²) in [5.74, 6) is 0.391. The Balaban J connectivity index is 1.28. The summed E-state index contributed by atoms with van der Waals surface area (Å²) in [6.45, 7) is 5.43. The number of imide groups is 1. The SMILES string of the molecule is NC1CCC(CN2CCN(c3cccc(NC4CCC(=O)NC4=O)c3)CC2)CC1. The molecule has 0 bridgehead atoms. The van der Waals surface area contributed by atoms with E-state index in [4.69, 9.17) is 5.73 Å². The summed E-state index contributed by atoms with van der Waals surface area (Å²) < 4.78 is 0. The van der Waals surface area contributed by atoms with E-state index < -0.39 is 0 Å². The molecule has 158 valence electrons. The first-order valence-electron chi connectivity index (χ1n) is 11.0. The third-order valence-electron chi connectivity index (χ3n) is 6.57. The summed E-state index contributed by atoms with van der Waals surface area (Å²) in [5.41, 5.74) is 8.15. The van der Waals surface area contributed by atoms with E-state index in [-0.39, 0.29) is 17.9 Å². The van der Waals surface area contributed by atoms with Crippen LogP contribution < -0.4 is 21.3 Å². The first-order valence-corrected chi connectivity index (χ1v) is 11.0. The quantitative estimate of drug-likeness (QED) is 0.651. The second kappa shape index (κ2) is 9.13. The van der Waals surface area contributed by atoms with E-state index in [9.17, 15) is 9.59 Å². The summed E-state index contributed by atoms with van der Waals surface area (Å²) in [7, 11) is 0. The van der Waals surface area contributed by atoms with Gasteiger partial charge in [0.05, 0.1) is 0 Å². The van der Waals surface area contributed by atoms with Crippen LogP contribution in [0.15, 0.2) is 24.3 Å². The lowest BCUT2D eigenvalue weighted by atomic mass is 9.86. The minimum atomic E-state index is -0.344. The van der Waals surface area contributed by atoms with Crippen molar-refractivity contribution < 1.29 is 9.59 Å². The number of piperidine rings is 1. The fourth-order valence-electron chi connectivity index (χ4n) is 4.75. The zero-order valence-corrected chi connectivity index (χ0v) is 17.1. The number of piperazine rings is 1. The maximum atomic E-state index is 12.0. The van der Waals surface area contributed by atoms with E-state index in [2.05, 4.69) is 32.6 Å². The number of anilines is 2. The molecular formula is C22H33N5O2. The normalized spacial score (nSPS) is 28.9. The van der Waals surface area contributed by atoms with E-state index in [1.807, 2.05) is 12.1 Å². The number of nitrogens with zero attached hydrogens (tertiary/aromatic N) is 2. The minimum Gasteiger partial charge on any atom is -0.374 e.